The van der Waals surface area contributed by atoms with Gasteiger partial charge in [0.25, 0.3) is 0 Å². The van der Waals surface area contributed by atoms with Gasteiger partial charge in [-0.25, -0.2) is 4.98 Å². The van der Waals surface area contributed by atoms with Crippen molar-refractivity contribution in [1.29, 1.82) is 0 Å². The van der Waals surface area contributed by atoms with E-state index in [4.69, 9.17) is 0 Å². The molecule has 1 N–H and O–H groups in total. The van der Waals surface area contributed by atoms with Crippen molar-refractivity contribution in [2.24, 2.45) is 0 Å². The van der Waals surface area contributed by atoms with Crippen LogP contribution in [-0.4, -0.2) is 16.6 Å². The van der Waals surface area contributed by atoms with E-state index < -0.39 is 6.61 Å². The summed E-state index contributed by atoms with van der Waals surface area (Å²) in [4.78, 5) is 7.24. The van der Waals surface area contributed by atoms with Gasteiger partial charge in [0.15, 0.2) is 0 Å². The van der Waals surface area contributed by atoms with Crippen LogP contribution in [0.25, 0.3) is 22.2 Å². The number of fused-ring (bicyclic) bond motifs is 1. The van der Waals surface area contributed by atoms with Gasteiger partial charge >= 0.3 is 6.61 Å². The first-order valence-electron chi connectivity index (χ1n) is 5.71. The van der Waals surface area contributed by atoms with E-state index in [1.165, 1.54) is 12.1 Å². The number of benzene rings is 1. The number of rotatable bonds is 3. The van der Waals surface area contributed by atoms with Gasteiger partial charge in [0.2, 0.25) is 0 Å². The summed E-state index contributed by atoms with van der Waals surface area (Å²) in [5, 5.41) is 0.991. The minimum Gasteiger partial charge on any atom is -0.435 e. The highest BCUT2D eigenvalue weighted by Gasteiger charge is 2.07. The van der Waals surface area contributed by atoms with Crippen LogP contribution in [0.2, 0.25) is 0 Å². The Morgan fingerprint density at radius 2 is 1.84 bits per heavy atom. The van der Waals surface area contributed by atoms with E-state index in [0.29, 0.717) is 0 Å². The van der Waals surface area contributed by atoms with Gasteiger partial charge in [-0.2, -0.15) is 8.78 Å². The van der Waals surface area contributed by atoms with E-state index in [0.717, 1.165) is 22.2 Å². The van der Waals surface area contributed by atoms with E-state index in [9.17, 15) is 8.78 Å². The summed E-state index contributed by atoms with van der Waals surface area (Å²) in [6, 6.07) is 10.4. The Morgan fingerprint density at radius 1 is 1.05 bits per heavy atom. The Labute approximate surface area is 107 Å². The second-order valence-electron chi connectivity index (χ2n) is 4.00. The van der Waals surface area contributed by atoms with Crippen molar-refractivity contribution in [1.82, 2.24) is 9.97 Å². The Hall–Kier alpha value is -2.43. The number of H-pyrrole nitrogens is 1. The fourth-order valence-corrected chi connectivity index (χ4v) is 2.03. The fourth-order valence-electron chi connectivity index (χ4n) is 2.03. The van der Waals surface area contributed by atoms with E-state index in [-0.39, 0.29) is 5.75 Å². The molecule has 0 aliphatic heterocycles. The highest BCUT2D eigenvalue weighted by molar-refractivity contribution is 5.92. The average molecular weight is 260 g/mol. The molecule has 1 aromatic carbocycles. The van der Waals surface area contributed by atoms with Crippen LogP contribution in [0.1, 0.15) is 0 Å². The number of hydrogen-bond acceptors (Lipinski definition) is 2. The highest BCUT2D eigenvalue weighted by Crippen LogP contribution is 2.28. The quantitative estimate of drug-likeness (QED) is 0.777. The van der Waals surface area contributed by atoms with Crippen LogP contribution in [0, 0.1) is 0 Å². The molecule has 0 aliphatic rings. The molecule has 0 radical (unpaired) electrons. The number of ether oxygens (including phenoxy) is 1. The topological polar surface area (TPSA) is 37.9 Å². The molecule has 0 atom stereocenters. The first-order valence-corrected chi connectivity index (χ1v) is 5.71. The van der Waals surface area contributed by atoms with Crippen molar-refractivity contribution >= 4 is 11.0 Å². The lowest BCUT2D eigenvalue weighted by Crippen LogP contribution is -2.01. The Morgan fingerprint density at radius 3 is 2.58 bits per heavy atom. The molecule has 0 aliphatic carbocycles. The number of halogens is 2. The standard InChI is InChI=1S/C14H10F2N2O/c15-14(16)19-10-3-1-9(2-4-10)11-5-7-17-13-12(11)6-8-18-13/h1-8,14H,(H,17,18). The highest BCUT2D eigenvalue weighted by atomic mass is 19.3. The summed E-state index contributed by atoms with van der Waals surface area (Å²) < 4.78 is 28.5. The van der Waals surface area contributed by atoms with E-state index in [1.54, 1.807) is 18.3 Å². The Bertz CT molecular complexity index is 692. The van der Waals surface area contributed by atoms with Gasteiger partial charge in [0.1, 0.15) is 11.4 Å². The van der Waals surface area contributed by atoms with Crippen molar-refractivity contribution in [3.8, 4) is 16.9 Å². The van der Waals surface area contributed by atoms with Gasteiger partial charge in [0, 0.05) is 17.8 Å². The van der Waals surface area contributed by atoms with Crippen LogP contribution < -0.4 is 4.74 Å². The summed E-state index contributed by atoms with van der Waals surface area (Å²) in [5.41, 5.74) is 2.72. The van der Waals surface area contributed by atoms with Crippen LogP contribution >= 0.6 is 0 Å². The minimum atomic E-state index is -2.80. The predicted molar refractivity (Wildman–Crippen MR) is 68.2 cm³/mol. The third kappa shape index (κ3) is 2.27. The maximum absolute atomic E-state index is 12.1. The number of nitrogens with one attached hydrogen (secondary N) is 1. The number of nitrogens with zero attached hydrogens (tertiary/aromatic N) is 1. The van der Waals surface area contributed by atoms with Gasteiger partial charge in [-0.3, -0.25) is 0 Å². The second kappa shape index (κ2) is 4.68. The molecule has 3 nitrogen and oxygen atoms in total. The third-order valence-electron chi connectivity index (χ3n) is 2.85. The summed E-state index contributed by atoms with van der Waals surface area (Å²) in [6.07, 6.45) is 3.52. The predicted octanol–water partition coefficient (Wildman–Crippen LogP) is 3.83. The van der Waals surface area contributed by atoms with Crippen molar-refractivity contribution in [2.75, 3.05) is 0 Å². The van der Waals surface area contributed by atoms with Crippen molar-refractivity contribution in [2.45, 2.75) is 6.61 Å². The zero-order valence-electron chi connectivity index (χ0n) is 9.81. The lowest BCUT2D eigenvalue weighted by Gasteiger charge is -2.06. The lowest BCUT2D eigenvalue weighted by atomic mass is 10.0. The molecule has 0 bridgehead atoms. The molecule has 0 spiro atoms. The lowest BCUT2D eigenvalue weighted by molar-refractivity contribution is -0.0498. The maximum Gasteiger partial charge on any atom is 0.387 e. The molecule has 0 saturated carbocycles. The zero-order valence-corrected chi connectivity index (χ0v) is 9.81. The molecule has 0 amide bonds. The minimum absolute atomic E-state index is 0.151. The molecule has 0 fully saturated rings. The molecule has 19 heavy (non-hydrogen) atoms. The van der Waals surface area contributed by atoms with Gasteiger partial charge < -0.3 is 9.72 Å². The molecule has 96 valence electrons. The van der Waals surface area contributed by atoms with Crippen molar-refractivity contribution in [3.05, 3.63) is 48.8 Å². The summed E-state index contributed by atoms with van der Waals surface area (Å²) in [5.74, 6) is 0.151. The molecule has 3 aromatic rings. The molecule has 3 rings (SSSR count). The molecule has 5 heteroatoms. The van der Waals surface area contributed by atoms with Gasteiger partial charge in [-0.15, -0.1) is 0 Å². The van der Waals surface area contributed by atoms with Crippen LogP contribution in [0.15, 0.2) is 48.8 Å². The van der Waals surface area contributed by atoms with Gasteiger partial charge in [-0.1, -0.05) is 12.1 Å². The van der Waals surface area contributed by atoms with Crippen LogP contribution in [0.5, 0.6) is 5.75 Å². The van der Waals surface area contributed by atoms with Crippen molar-refractivity contribution < 1.29 is 13.5 Å². The number of hydrogen-bond donors (Lipinski definition) is 1. The van der Waals surface area contributed by atoms with Gasteiger partial charge in [0.05, 0.1) is 0 Å². The molecule has 0 saturated heterocycles. The first-order chi connectivity index (χ1) is 9.24. The van der Waals surface area contributed by atoms with Crippen LogP contribution in [0.4, 0.5) is 8.78 Å². The van der Waals surface area contributed by atoms with Crippen LogP contribution in [0.3, 0.4) is 0 Å². The Balaban J connectivity index is 2.00. The maximum atomic E-state index is 12.1. The van der Waals surface area contributed by atoms with Crippen LogP contribution in [-0.2, 0) is 0 Å². The van der Waals surface area contributed by atoms with Crippen molar-refractivity contribution in [3.63, 3.8) is 0 Å². The average Bonchev–Trinajstić information content (AvgIpc) is 2.87. The van der Waals surface area contributed by atoms with E-state index in [1.807, 2.05) is 18.3 Å². The summed E-state index contributed by atoms with van der Waals surface area (Å²) >= 11 is 0. The Kier molecular flexibility index (Phi) is 2.87. The summed E-state index contributed by atoms with van der Waals surface area (Å²) in [7, 11) is 0. The molecule has 2 aromatic heterocycles. The number of aromatic nitrogens is 2. The number of aromatic amines is 1. The number of alkyl halides is 2. The van der Waals surface area contributed by atoms with E-state index in [2.05, 4.69) is 14.7 Å². The van der Waals surface area contributed by atoms with E-state index >= 15 is 0 Å². The first kappa shape index (κ1) is 11.6. The second-order valence-corrected chi connectivity index (χ2v) is 4.00. The zero-order chi connectivity index (χ0) is 13.2. The molecule has 0 unspecified atom stereocenters. The normalized spacial score (nSPS) is 11.1. The molecule has 2 heterocycles. The smallest absolute Gasteiger partial charge is 0.387 e. The molecular formula is C14H10F2N2O. The molecular weight excluding hydrogens is 250 g/mol. The number of pyridine rings is 1. The fraction of sp³-hybridized carbons (Fsp3) is 0.0714. The largest absolute Gasteiger partial charge is 0.435 e. The third-order valence-corrected chi connectivity index (χ3v) is 2.85. The SMILES string of the molecule is FC(F)Oc1ccc(-c2ccnc3[nH]ccc23)cc1. The monoisotopic (exact) mass is 260 g/mol. The van der Waals surface area contributed by atoms with Gasteiger partial charge in [-0.05, 0) is 35.4 Å². The summed E-state index contributed by atoms with van der Waals surface area (Å²) in [6.45, 7) is -2.80.